The Bertz CT molecular complexity index is 1840. The third-order valence-corrected chi connectivity index (χ3v) is 10.2. The van der Waals surface area contributed by atoms with Crippen molar-refractivity contribution in [3.8, 4) is 23.0 Å². The first-order valence-corrected chi connectivity index (χ1v) is 16.1. The minimum atomic E-state index is -0.922. The van der Waals surface area contributed by atoms with Crippen molar-refractivity contribution in [1.82, 2.24) is 19.9 Å². The Balaban J connectivity index is 1.27. The third-order valence-electron chi connectivity index (χ3n) is 10.2. The number of piperidine rings is 1. The zero-order chi connectivity index (χ0) is 31.6. The lowest BCUT2D eigenvalue weighted by Crippen LogP contribution is -2.49. The minimum Gasteiger partial charge on any atom is -0.508 e. The molecule has 0 aliphatic carbocycles. The van der Waals surface area contributed by atoms with Crippen LogP contribution >= 0.6 is 0 Å². The molecule has 0 bridgehead atoms. The number of ether oxygens (including phenoxy) is 3. The first kappa shape index (κ1) is 29.6. The molecule has 1 N–H and O–H groups in total. The van der Waals surface area contributed by atoms with Gasteiger partial charge >= 0.3 is 6.01 Å². The van der Waals surface area contributed by atoms with Crippen molar-refractivity contribution in [3.63, 3.8) is 0 Å². The molecular weight excluding hydrogens is 599 g/mol. The van der Waals surface area contributed by atoms with Crippen LogP contribution in [0, 0.1) is 11.6 Å². The lowest BCUT2D eigenvalue weighted by atomic mass is 9.94. The van der Waals surface area contributed by atoms with Crippen LogP contribution in [0.5, 0.6) is 11.8 Å². The van der Waals surface area contributed by atoms with Gasteiger partial charge < -0.3 is 24.2 Å². The number of phenols is 1. The van der Waals surface area contributed by atoms with Crippen LogP contribution in [-0.4, -0.2) is 88.5 Å². The molecule has 6 heterocycles. The number of hydrogen-bond acceptors (Lipinski definition) is 9. The van der Waals surface area contributed by atoms with Crippen LogP contribution in [0.3, 0.4) is 0 Å². The number of aromatic hydroxyl groups is 1. The van der Waals surface area contributed by atoms with E-state index in [0.29, 0.717) is 73.2 Å². The summed E-state index contributed by atoms with van der Waals surface area (Å²) in [6.07, 6.45) is 4.60. The van der Waals surface area contributed by atoms with E-state index in [4.69, 9.17) is 19.2 Å². The van der Waals surface area contributed by atoms with E-state index in [1.165, 1.54) is 24.4 Å². The number of pyridine rings is 1. The number of rotatable bonds is 6. The minimum absolute atomic E-state index is 0.0144. The molecule has 0 radical (unpaired) electrons. The van der Waals surface area contributed by atoms with E-state index in [1.807, 2.05) is 11.8 Å². The SMILES string of the molecule is CCc1c(F)ccc2cc(O)cc(-c3ncc4c(N5CCCC6(C5)OCCO6)nc(OC[C@@]56CCCN5C[C@H](F)C6)nc4c3F)c12. The van der Waals surface area contributed by atoms with Gasteiger partial charge in [0.25, 0.3) is 0 Å². The van der Waals surface area contributed by atoms with E-state index >= 15 is 4.39 Å². The number of aryl methyl sites for hydroxylation is 1. The van der Waals surface area contributed by atoms with Gasteiger partial charge in [-0.2, -0.15) is 9.97 Å². The summed E-state index contributed by atoms with van der Waals surface area (Å²) < 4.78 is 64.6. The van der Waals surface area contributed by atoms with Gasteiger partial charge in [0, 0.05) is 37.7 Å². The highest BCUT2D eigenvalue weighted by Crippen LogP contribution is 2.42. The fraction of sp³-hybridized carbons (Fsp3) is 0.500. The van der Waals surface area contributed by atoms with Gasteiger partial charge in [-0.1, -0.05) is 13.0 Å². The Hall–Kier alpha value is -3.74. The molecule has 0 amide bonds. The Morgan fingerprint density at radius 2 is 1.91 bits per heavy atom. The first-order chi connectivity index (χ1) is 22.3. The molecule has 242 valence electrons. The van der Waals surface area contributed by atoms with E-state index < -0.39 is 29.1 Å². The molecule has 0 unspecified atom stereocenters. The number of fused-ring (bicyclic) bond motifs is 3. The predicted octanol–water partition coefficient (Wildman–Crippen LogP) is 5.69. The highest BCUT2D eigenvalue weighted by atomic mass is 19.1. The molecule has 4 aliphatic rings. The molecule has 1 spiro atoms. The Morgan fingerprint density at radius 3 is 2.74 bits per heavy atom. The van der Waals surface area contributed by atoms with Crippen LogP contribution in [0.4, 0.5) is 19.0 Å². The summed E-state index contributed by atoms with van der Waals surface area (Å²) in [5.41, 5.74) is 0.137. The van der Waals surface area contributed by atoms with Crippen molar-refractivity contribution in [2.45, 2.75) is 62.9 Å². The molecule has 4 aliphatic heterocycles. The molecule has 12 heteroatoms. The molecule has 2 aromatic heterocycles. The zero-order valence-corrected chi connectivity index (χ0v) is 25.7. The molecular formula is C34H36F3N5O4. The van der Waals surface area contributed by atoms with Gasteiger partial charge in [-0.3, -0.25) is 9.88 Å². The number of phenolic OH excluding ortho intramolecular Hbond substituents is 1. The summed E-state index contributed by atoms with van der Waals surface area (Å²) in [7, 11) is 0. The molecule has 9 nitrogen and oxygen atoms in total. The zero-order valence-electron chi connectivity index (χ0n) is 25.7. The molecule has 4 aromatic rings. The van der Waals surface area contributed by atoms with Crippen LogP contribution in [-0.2, 0) is 15.9 Å². The van der Waals surface area contributed by atoms with Gasteiger partial charge in [-0.05, 0) is 66.8 Å². The van der Waals surface area contributed by atoms with Crippen LogP contribution in [0.1, 0.15) is 44.6 Å². The van der Waals surface area contributed by atoms with Crippen molar-refractivity contribution in [1.29, 1.82) is 0 Å². The van der Waals surface area contributed by atoms with Crippen molar-refractivity contribution in [2.24, 2.45) is 0 Å². The molecule has 46 heavy (non-hydrogen) atoms. The molecule has 8 rings (SSSR count). The number of hydrogen-bond donors (Lipinski definition) is 1. The Labute approximate surface area is 264 Å². The number of benzene rings is 2. The monoisotopic (exact) mass is 635 g/mol. The van der Waals surface area contributed by atoms with Gasteiger partial charge in [-0.25, -0.2) is 13.2 Å². The quantitative estimate of drug-likeness (QED) is 0.287. The van der Waals surface area contributed by atoms with Gasteiger partial charge in [-0.15, -0.1) is 0 Å². The fourth-order valence-corrected chi connectivity index (χ4v) is 8.10. The standard InChI is InChI=1S/C34H36F3N5O4/c1-2-23-26(36)6-5-20-13-22(43)14-24(27(20)23)29-28(37)30-25(16-38-29)31(41-9-4-8-34(18-41)45-11-12-46-34)40-32(39-30)44-19-33-7-3-10-42(33)17-21(35)15-33/h5-6,13-14,16,21,43H,2-4,7-12,15,17-19H2,1H3/t21-,33+/m1/s1. The first-order valence-electron chi connectivity index (χ1n) is 16.1. The maximum absolute atomic E-state index is 16.9. The maximum Gasteiger partial charge on any atom is 0.319 e. The molecule has 2 aromatic carbocycles. The summed E-state index contributed by atoms with van der Waals surface area (Å²) in [4.78, 5) is 18.0. The Morgan fingerprint density at radius 1 is 1.09 bits per heavy atom. The topological polar surface area (TPSA) is 93.1 Å². The van der Waals surface area contributed by atoms with Crippen molar-refractivity contribution in [2.75, 3.05) is 50.9 Å². The van der Waals surface area contributed by atoms with Crippen LogP contribution in [0.2, 0.25) is 0 Å². The number of halogens is 3. The normalized spacial score (nSPS) is 24.4. The number of alkyl halides is 1. The van der Waals surface area contributed by atoms with Crippen molar-refractivity contribution in [3.05, 3.63) is 47.7 Å². The second kappa shape index (κ2) is 11.2. The summed E-state index contributed by atoms with van der Waals surface area (Å²) >= 11 is 0. The fourth-order valence-electron chi connectivity index (χ4n) is 8.10. The molecule has 0 saturated carbocycles. The molecule has 4 saturated heterocycles. The second-order valence-corrected chi connectivity index (χ2v) is 13.0. The average molecular weight is 636 g/mol. The van der Waals surface area contributed by atoms with Crippen LogP contribution in [0.25, 0.3) is 32.9 Å². The van der Waals surface area contributed by atoms with E-state index in [2.05, 4.69) is 14.9 Å². The van der Waals surface area contributed by atoms with E-state index in [1.54, 1.807) is 6.07 Å². The van der Waals surface area contributed by atoms with Gasteiger partial charge in [0.15, 0.2) is 11.6 Å². The van der Waals surface area contributed by atoms with Gasteiger partial charge in [0.05, 0.1) is 30.7 Å². The average Bonchev–Trinajstić information content (AvgIpc) is 3.74. The summed E-state index contributed by atoms with van der Waals surface area (Å²) in [5, 5.41) is 12.0. The lowest BCUT2D eigenvalue weighted by Gasteiger charge is -2.39. The smallest absolute Gasteiger partial charge is 0.319 e. The molecule has 2 atom stereocenters. The highest BCUT2D eigenvalue weighted by molar-refractivity contribution is 6.01. The lowest BCUT2D eigenvalue weighted by molar-refractivity contribution is -0.161. The highest BCUT2D eigenvalue weighted by Gasteiger charge is 2.49. The number of anilines is 1. The van der Waals surface area contributed by atoms with Crippen molar-refractivity contribution < 1.29 is 32.5 Å². The third kappa shape index (κ3) is 4.84. The maximum atomic E-state index is 16.9. The van der Waals surface area contributed by atoms with Gasteiger partial charge in [0.2, 0.25) is 0 Å². The second-order valence-electron chi connectivity index (χ2n) is 13.0. The summed E-state index contributed by atoms with van der Waals surface area (Å²) in [5.74, 6) is -1.58. The Kier molecular flexibility index (Phi) is 7.22. The summed E-state index contributed by atoms with van der Waals surface area (Å²) in [6, 6.07) is 5.83. The summed E-state index contributed by atoms with van der Waals surface area (Å²) in [6.45, 7) is 5.21. The van der Waals surface area contributed by atoms with Crippen LogP contribution in [0.15, 0.2) is 30.5 Å². The number of aromatic nitrogens is 3. The molecule has 4 fully saturated rings. The van der Waals surface area contributed by atoms with E-state index in [0.717, 1.165) is 32.2 Å². The number of nitrogens with zero attached hydrogens (tertiary/aromatic N) is 5. The van der Waals surface area contributed by atoms with E-state index in [-0.39, 0.29) is 35.1 Å². The largest absolute Gasteiger partial charge is 0.508 e. The van der Waals surface area contributed by atoms with Crippen LogP contribution < -0.4 is 9.64 Å². The van der Waals surface area contributed by atoms with Gasteiger partial charge in [0.1, 0.15) is 41.4 Å². The van der Waals surface area contributed by atoms with Crippen molar-refractivity contribution >= 4 is 27.5 Å². The van der Waals surface area contributed by atoms with E-state index in [9.17, 15) is 13.9 Å². The predicted molar refractivity (Wildman–Crippen MR) is 166 cm³/mol.